The van der Waals surface area contributed by atoms with Gasteiger partial charge in [0.15, 0.2) is 0 Å². The van der Waals surface area contributed by atoms with E-state index in [9.17, 15) is 23.3 Å². The smallest absolute Gasteiger partial charge is 0.292 e. The van der Waals surface area contributed by atoms with Crippen LogP contribution in [0.15, 0.2) is 53.7 Å². The van der Waals surface area contributed by atoms with Crippen molar-refractivity contribution in [1.29, 1.82) is 0 Å². The largest absolute Gasteiger partial charge is 0.345 e. The highest BCUT2D eigenvalue weighted by molar-refractivity contribution is 7.89. The zero-order valence-corrected chi connectivity index (χ0v) is 17.2. The van der Waals surface area contributed by atoms with Gasteiger partial charge in [-0.1, -0.05) is 12.1 Å². The number of pyridine rings is 1. The van der Waals surface area contributed by atoms with Crippen molar-refractivity contribution in [2.45, 2.75) is 4.90 Å². The molecule has 1 aliphatic heterocycles. The molecule has 0 radical (unpaired) electrons. The lowest BCUT2D eigenvalue weighted by Crippen LogP contribution is -2.50. The second kappa shape index (κ2) is 8.41. The number of anilines is 1. The molecule has 0 spiro atoms. The number of aromatic nitrogens is 2. The molecule has 0 saturated carbocycles. The molecule has 1 saturated heterocycles. The summed E-state index contributed by atoms with van der Waals surface area (Å²) in [5, 5.41) is 14.2. The minimum Gasteiger partial charge on any atom is -0.345 e. The lowest BCUT2D eigenvalue weighted by molar-refractivity contribution is -0.383. The number of nitro groups is 1. The fourth-order valence-corrected chi connectivity index (χ4v) is 5.12. The summed E-state index contributed by atoms with van der Waals surface area (Å²) in [5.41, 5.74) is 0.457. The van der Waals surface area contributed by atoms with Gasteiger partial charge in [0.05, 0.1) is 11.5 Å². The Morgan fingerprint density at radius 1 is 1.16 bits per heavy atom. The quantitative estimate of drug-likeness (QED) is 0.432. The van der Waals surface area contributed by atoms with Crippen LogP contribution in [0.25, 0.3) is 11.0 Å². The Kier molecular flexibility index (Phi) is 5.67. The number of benzene rings is 1. The first-order valence-electron chi connectivity index (χ1n) is 9.54. The highest BCUT2D eigenvalue weighted by atomic mass is 32.2. The molecule has 2 N–H and O–H groups in total. The number of fused-ring (bicyclic) bond motifs is 1. The molecule has 0 atom stereocenters. The number of para-hydroxylation sites is 2. The topological polar surface area (TPSA) is 142 Å². The number of hydrogen-bond donors (Lipinski definition) is 2. The SMILES string of the molecule is O=C(CN1CCN(S(=O)(=O)c2c[nH]c3ncccc23)CC1)Nc1ccccc1[N+](=O)[O-]. The molecule has 12 heteroatoms. The standard InChI is InChI=1S/C19H20N6O5S/c26-18(22-15-5-1-2-6-16(15)25(27)28)13-23-8-10-24(11-9-23)31(29,30)17-12-21-19-14(17)4-3-7-20-19/h1-7,12H,8-11,13H2,(H,20,21)(H,22,26). The van der Waals surface area contributed by atoms with Crippen LogP contribution in [0.4, 0.5) is 11.4 Å². The van der Waals surface area contributed by atoms with Gasteiger partial charge in [-0.2, -0.15) is 4.31 Å². The molecule has 0 aliphatic carbocycles. The van der Waals surface area contributed by atoms with Crippen molar-refractivity contribution in [3.63, 3.8) is 0 Å². The number of H-pyrrole nitrogens is 1. The third kappa shape index (κ3) is 4.26. The monoisotopic (exact) mass is 444 g/mol. The first-order valence-corrected chi connectivity index (χ1v) is 11.0. The van der Waals surface area contributed by atoms with E-state index in [1.54, 1.807) is 24.4 Å². The summed E-state index contributed by atoms with van der Waals surface area (Å²) in [6, 6.07) is 9.30. The number of carbonyl (C=O) groups is 1. The van der Waals surface area contributed by atoms with Crippen molar-refractivity contribution < 1.29 is 18.1 Å². The Morgan fingerprint density at radius 3 is 2.65 bits per heavy atom. The van der Waals surface area contributed by atoms with Crippen molar-refractivity contribution in [3.8, 4) is 0 Å². The van der Waals surface area contributed by atoms with Crippen LogP contribution < -0.4 is 5.32 Å². The Hall–Kier alpha value is -3.35. The van der Waals surface area contributed by atoms with E-state index < -0.39 is 20.9 Å². The molecule has 3 heterocycles. The zero-order valence-electron chi connectivity index (χ0n) is 16.4. The summed E-state index contributed by atoms with van der Waals surface area (Å²) in [6.45, 7) is 1.20. The summed E-state index contributed by atoms with van der Waals surface area (Å²) in [5.74, 6) is -0.395. The predicted molar refractivity (Wildman–Crippen MR) is 113 cm³/mol. The average Bonchev–Trinajstić information content (AvgIpc) is 3.19. The van der Waals surface area contributed by atoms with Gasteiger partial charge in [0.2, 0.25) is 15.9 Å². The van der Waals surface area contributed by atoms with Gasteiger partial charge in [-0.05, 0) is 18.2 Å². The minimum absolute atomic E-state index is 0.0109. The third-order valence-corrected chi connectivity index (χ3v) is 7.04. The molecule has 4 rings (SSSR count). The third-order valence-electron chi connectivity index (χ3n) is 5.10. The number of aromatic amines is 1. The van der Waals surface area contributed by atoms with E-state index in [1.165, 1.54) is 28.7 Å². The van der Waals surface area contributed by atoms with Gasteiger partial charge in [0.1, 0.15) is 16.2 Å². The normalized spacial score (nSPS) is 15.7. The number of nitrogens with one attached hydrogen (secondary N) is 2. The molecule has 0 bridgehead atoms. The van der Waals surface area contributed by atoms with Gasteiger partial charge in [-0.25, -0.2) is 13.4 Å². The molecule has 2 aromatic heterocycles. The van der Waals surface area contributed by atoms with Crippen LogP contribution >= 0.6 is 0 Å². The maximum absolute atomic E-state index is 13.1. The van der Waals surface area contributed by atoms with Crippen molar-refractivity contribution in [2.75, 3.05) is 38.0 Å². The molecule has 1 aromatic carbocycles. The van der Waals surface area contributed by atoms with E-state index in [2.05, 4.69) is 15.3 Å². The summed E-state index contributed by atoms with van der Waals surface area (Å²) < 4.78 is 27.5. The number of nitro benzene ring substituents is 1. The summed E-state index contributed by atoms with van der Waals surface area (Å²) in [6.07, 6.45) is 3.03. The maximum atomic E-state index is 13.1. The summed E-state index contributed by atoms with van der Waals surface area (Å²) in [7, 11) is -3.70. The summed E-state index contributed by atoms with van der Waals surface area (Å²) in [4.78, 5) is 31.9. The van der Waals surface area contributed by atoms with Crippen molar-refractivity contribution in [3.05, 3.63) is 58.9 Å². The second-order valence-corrected chi connectivity index (χ2v) is 8.96. The number of hydrogen-bond acceptors (Lipinski definition) is 7. The number of amides is 1. The van der Waals surface area contributed by atoms with Crippen LogP contribution in [-0.4, -0.2) is 71.1 Å². The lowest BCUT2D eigenvalue weighted by Gasteiger charge is -2.33. The second-order valence-electron chi connectivity index (χ2n) is 7.06. The average molecular weight is 444 g/mol. The molecule has 1 amide bonds. The van der Waals surface area contributed by atoms with Gasteiger partial charge >= 0.3 is 0 Å². The number of sulfonamides is 1. The van der Waals surface area contributed by atoms with Gasteiger partial charge in [0, 0.05) is 50.0 Å². The fraction of sp³-hybridized carbons (Fsp3) is 0.263. The Bertz CT molecular complexity index is 1230. The fourth-order valence-electron chi connectivity index (χ4n) is 3.54. The van der Waals surface area contributed by atoms with Crippen molar-refractivity contribution >= 4 is 38.3 Å². The molecule has 1 aliphatic rings. The lowest BCUT2D eigenvalue weighted by atomic mass is 10.2. The molecule has 11 nitrogen and oxygen atoms in total. The molecule has 162 valence electrons. The molecule has 1 fully saturated rings. The van der Waals surface area contributed by atoms with E-state index in [0.717, 1.165) is 0 Å². The minimum atomic E-state index is -3.70. The number of piperazine rings is 1. The van der Waals surface area contributed by atoms with Gasteiger partial charge in [0.25, 0.3) is 5.69 Å². The highest BCUT2D eigenvalue weighted by Gasteiger charge is 2.31. The predicted octanol–water partition coefficient (Wildman–Crippen LogP) is 1.42. The van der Waals surface area contributed by atoms with Crippen LogP contribution in [0.2, 0.25) is 0 Å². The Morgan fingerprint density at radius 2 is 1.90 bits per heavy atom. The first kappa shape index (κ1) is 20.9. The Balaban J connectivity index is 1.38. The van der Waals surface area contributed by atoms with Crippen molar-refractivity contribution in [1.82, 2.24) is 19.2 Å². The van der Waals surface area contributed by atoms with E-state index in [-0.39, 0.29) is 35.9 Å². The van der Waals surface area contributed by atoms with Gasteiger partial charge in [-0.15, -0.1) is 0 Å². The summed E-state index contributed by atoms with van der Waals surface area (Å²) >= 11 is 0. The van der Waals surface area contributed by atoms with Gasteiger partial charge < -0.3 is 10.3 Å². The van der Waals surface area contributed by atoms with E-state index >= 15 is 0 Å². The van der Waals surface area contributed by atoms with E-state index in [0.29, 0.717) is 24.1 Å². The van der Waals surface area contributed by atoms with E-state index in [1.807, 2.05) is 4.90 Å². The van der Waals surface area contributed by atoms with Gasteiger partial charge in [-0.3, -0.25) is 19.8 Å². The number of rotatable bonds is 6. The molecule has 3 aromatic rings. The highest BCUT2D eigenvalue weighted by Crippen LogP contribution is 2.25. The van der Waals surface area contributed by atoms with Crippen molar-refractivity contribution in [2.24, 2.45) is 0 Å². The molecular formula is C19H20N6O5S. The Labute approximate surface area is 177 Å². The van der Waals surface area contributed by atoms with Crippen LogP contribution in [0.3, 0.4) is 0 Å². The van der Waals surface area contributed by atoms with Crippen LogP contribution in [-0.2, 0) is 14.8 Å². The number of nitrogens with zero attached hydrogens (tertiary/aromatic N) is 4. The van der Waals surface area contributed by atoms with Crippen LogP contribution in [0, 0.1) is 10.1 Å². The molecule has 31 heavy (non-hydrogen) atoms. The van der Waals surface area contributed by atoms with Crippen LogP contribution in [0.1, 0.15) is 0 Å². The zero-order chi connectivity index (χ0) is 22.0. The maximum Gasteiger partial charge on any atom is 0.292 e. The first-order chi connectivity index (χ1) is 14.9. The number of carbonyl (C=O) groups excluding carboxylic acids is 1. The van der Waals surface area contributed by atoms with Crippen LogP contribution in [0.5, 0.6) is 0 Å². The molecule has 0 unspecified atom stereocenters. The molecular weight excluding hydrogens is 424 g/mol. The van der Waals surface area contributed by atoms with E-state index in [4.69, 9.17) is 0 Å².